The van der Waals surface area contributed by atoms with Gasteiger partial charge in [0.05, 0.1) is 6.04 Å². The third-order valence-electron chi connectivity index (χ3n) is 4.12. The molecule has 0 aliphatic rings. The standard InChI is InChI=1S/C20H22N2O6/c21-16(8-12-4-2-1-3-5-12)17(25)6-7-18(26)22-19(20(27)28)13-9-14(23)11-15(24)10-13/h1-5,9-11,16,19,23-24H,6-8,21H2,(H,22,26)(H,27,28). The van der Waals surface area contributed by atoms with Crippen LogP contribution in [0.3, 0.4) is 0 Å². The molecule has 2 unspecified atom stereocenters. The molecule has 0 aliphatic carbocycles. The summed E-state index contributed by atoms with van der Waals surface area (Å²) in [5.41, 5.74) is 6.79. The zero-order valence-corrected chi connectivity index (χ0v) is 15.0. The monoisotopic (exact) mass is 386 g/mol. The molecule has 2 aromatic carbocycles. The fourth-order valence-corrected chi connectivity index (χ4v) is 2.71. The number of phenols is 2. The number of benzene rings is 2. The van der Waals surface area contributed by atoms with Crippen LogP contribution in [0.15, 0.2) is 48.5 Å². The number of amides is 1. The Morgan fingerprint density at radius 2 is 1.57 bits per heavy atom. The number of hydrogen-bond donors (Lipinski definition) is 5. The van der Waals surface area contributed by atoms with Gasteiger partial charge in [-0.2, -0.15) is 0 Å². The summed E-state index contributed by atoms with van der Waals surface area (Å²) in [7, 11) is 0. The number of nitrogens with two attached hydrogens (primary N) is 1. The van der Waals surface area contributed by atoms with Crippen LogP contribution in [0.5, 0.6) is 11.5 Å². The molecule has 28 heavy (non-hydrogen) atoms. The van der Waals surface area contributed by atoms with Gasteiger partial charge in [-0.1, -0.05) is 30.3 Å². The number of nitrogens with one attached hydrogen (secondary N) is 1. The summed E-state index contributed by atoms with van der Waals surface area (Å²) in [6.45, 7) is 0. The van der Waals surface area contributed by atoms with Crippen LogP contribution in [0.2, 0.25) is 0 Å². The summed E-state index contributed by atoms with van der Waals surface area (Å²) in [5, 5.41) is 30.6. The molecule has 0 bridgehead atoms. The normalized spacial score (nSPS) is 12.8. The van der Waals surface area contributed by atoms with Crippen molar-refractivity contribution in [2.75, 3.05) is 0 Å². The quantitative estimate of drug-likeness (QED) is 0.435. The first kappa shape index (κ1) is 20.9. The van der Waals surface area contributed by atoms with Crippen LogP contribution in [0.4, 0.5) is 0 Å². The van der Waals surface area contributed by atoms with E-state index in [4.69, 9.17) is 5.73 Å². The van der Waals surface area contributed by atoms with Crippen LogP contribution in [0, 0.1) is 0 Å². The predicted molar refractivity (Wildman–Crippen MR) is 101 cm³/mol. The Morgan fingerprint density at radius 3 is 2.14 bits per heavy atom. The van der Waals surface area contributed by atoms with Gasteiger partial charge in [0.25, 0.3) is 0 Å². The summed E-state index contributed by atoms with van der Waals surface area (Å²) in [4.78, 5) is 35.7. The van der Waals surface area contributed by atoms with E-state index in [-0.39, 0.29) is 35.7 Å². The van der Waals surface area contributed by atoms with Gasteiger partial charge in [-0.3, -0.25) is 9.59 Å². The summed E-state index contributed by atoms with van der Waals surface area (Å²) >= 11 is 0. The molecular formula is C20H22N2O6. The minimum Gasteiger partial charge on any atom is -0.508 e. The lowest BCUT2D eigenvalue weighted by Gasteiger charge is -2.16. The van der Waals surface area contributed by atoms with Crippen molar-refractivity contribution in [2.24, 2.45) is 5.73 Å². The Labute approximate surface area is 161 Å². The molecule has 0 aromatic heterocycles. The number of Topliss-reactive ketones (excluding diaryl/α,β-unsaturated/α-hetero) is 1. The smallest absolute Gasteiger partial charge is 0.330 e. The molecule has 2 aromatic rings. The molecule has 0 aliphatic heterocycles. The van der Waals surface area contributed by atoms with E-state index in [1.54, 1.807) is 0 Å². The molecule has 0 radical (unpaired) electrons. The molecule has 0 fully saturated rings. The van der Waals surface area contributed by atoms with Crippen molar-refractivity contribution in [1.82, 2.24) is 5.32 Å². The molecule has 0 heterocycles. The Morgan fingerprint density at radius 1 is 0.964 bits per heavy atom. The minimum absolute atomic E-state index is 0.00505. The average molecular weight is 386 g/mol. The van der Waals surface area contributed by atoms with Gasteiger partial charge in [-0.05, 0) is 29.7 Å². The fourth-order valence-electron chi connectivity index (χ4n) is 2.71. The Kier molecular flexibility index (Phi) is 7.11. The first-order chi connectivity index (χ1) is 13.3. The van der Waals surface area contributed by atoms with Crippen LogP contribution in [-0.2, 0) is 20.8 Å². The first-order valence-electron chi connectivity index (χ1n) is 8.63. The van der Waals surface area contributed by atoms with Gasteiger partial charge in [0, 0.05) is 18.9 Å². The van der Waals surface area contributed by atoms with Crippen LogP contribution >= 0.6 is 0 Å². The topological polar surface area (TPSA) is 150 Å². The first-order valence-corrected chi connectivity index (χ1v) is 8.63. The fraction of sp³-hybridized carbons (Fsp3) is 0.250. The molecule has 0 saturated carbocycles. The number of carboxylic acid groups (broad SMARTS) is 1. The van der Waals surface area contributed by atoms with Gasteiger partial charge in [0.1, 0.15) is 17.3 Å². The molecule has 148 valence electrons. The van der Waals surface area contributed by atoms with E-state index in [0.717, 1.165) is 23.8 Å². The highest BCUT2D eigenvalue weighted by Gasteiger charge is 2.24. The second-order valence-corrected chi connectivity index (χ2v) is 6.38. The van der Waals surface area contributed by atoms with Crippen molar-refractivity contribution < 1.29 is 29.7 Å². The third-order valence-corrected chi connectivity index (χ3v) is 4.12. The maximum atomic E-state index is 12.1. The summed E-state index contributed by atoms with van der Waals surface area (Å²) in [6.07, 6.45) is -0.00498. The number of aromatic hydroxyl groups is 2. The van der Waals surface area contributed by atoms with Crippen LogP contribution in [-0.4, -0.2) is 39.0 Å². The van der Waals surface area contributed by atoms with Gasteiger partial charge >= 0.3 is 5.97 Å². The predicted octanol–water partition coefficient (Wildman–Crippen LogP) is 1.26. The lowest BCUT2D eigenvalue weighted by molar-refractivity contribution is -0.142. The van der Waals surface area contributed by atoms with Crippen molar-refractivity contribution >= 4 is 17.7 Å². The molecule has 2 rings (SSSR count). The van der Waals surface area contributed by atoms with Crippen molar-refractivity contribution in [3.63, 3.8) is 0 Å². The van der Waals surface area contributed by atoms with Gasteiger partial charge in [-0.15, -0.1) is 0 Å². The maximum absolute atomic E-state index is 12.1. The van der Waals surface area contributed by atoms with Crippen LogP contribution < -0.4 is 11.1 Å². The molecule has 1 amide bonds. The number of carbonyl (C=O) groups excluding carboxylic acids is 2. The number of ketones is 1. The number of rotatable bonds is 9. The molecule has 0 spiro atoms. The van der Waals surface area contributed by atoms with Crippen molar-refractivity contribution in [3.8, 4) is 11.5 Å². The number of carbonyl (C=O) groups is 3. The second-order valence-electron chi connectivity index (χ2n) is 6.38. The Hall–Kier alpha value is -3.39. The van der Waals surface area contributed by atoms with E-state index in [0.29, 0.717) is 6.42 Å². The number of hydrogen-bond acceptors (Lipinski definition) is 6. The zero-order valence-electron chi connectivity index (χ0n) is 15.0. The number of carboxylic acids is 1. The maximum Gasteiger partial charge on any atom is 0.330 e. The van der Waals surface area contributed by atoms with E-state index in [1.165, 1.54) is 0 Å². The Bertz CT molecular complexity index is 833. The van der Waals surface area contributed by atoms with Crippen molar-refractivity contribution in [3.05, 3.63) is 59.7 Å². The van der Waals surface area contributed by atoms with Gasteiger partial charge < -0.3 is 26.4 Å². The van der Waals surface area contributed by atoms with Crippen LogP contribution in [0.25, 0.3) is 0 Å². The molecule has 0 saturated heterocycles. The largest absolute Gasteiger partial charge is 0.508 e. The Balaban J connectivity index is 1.92. The van der Waals surface area contributed by atoms with E-state index in [2.05, 4.69) is 5.32 Å². The second kappa shape index (κ2) is 9.52. The SMILES string of the molecule is NC(Cc1ccccc1)C(=O)CCC(=O)NC(C(=O)O)c1cc(O)cc(O)c1. The molecule has 8 heteroatoms. The summed E-state index contributed by atoms with van der Waals surface area (Å²) < 4.78 is 0. The molecule has 2 atom stereocenters. The highest BCUT2D eigenvalue weighted by Crippen LogP contribution is 2.25. The molecular weight excluding hydrogens is 364 g/mol. The van der Waals surface area contributed by atoms with E-state index < -0.39 is 24.0 Å². The highest BCUT2D eigenvalue weighted by molar-refractivity contribution is 5.90. The molecule has 8 nitrogen and oxygen atoms in total. The van der Waals surface area contributed by atoms with Gasteiger partial charge in [-0.25, -0.2) is 4.79 Å². The van der Waals surface area contributed by atoms with Crippen LogP contribution in [0.1, 0.15) is 30.0 Å². The van der Waals surface area contributed by atoms with Crippen molar-refractivity contribution in [2.45, 2.75) is 31.3 Å². The summed E-state index contributed by atoms with van der Waals surface area (Å²) in [6, 6.07) is 10.3. The van der Waals surface area contributed by atoms with Crippen molar-refractivity contribution in [1.29, 1.82) is 0 Å². The lowest BCUT2D eigenvalue weighted by atomic mass is 10.00. The summed E-state index contributed by atoms with van der Waals surface area (Å²) in [5.74, 6) is -3.00. The average Bonchev–Trinajstić information content (AvgIpc) is 2.63. The van der Waals surface area contributed by atoms with E-state index >= 15 is 0 Å². The van der Waals surface area contributed by atoms with E-state index in [9.17, 15) is 29.7 Å². The third kappa shape index (κ3) is 6.10. The van der Waals surface area contributed by atoms with Gasteiger partial charge in [0.15, 0.2) is 6.04 Å². The van der Waals surface area contributed by atoms with E-state index in [1.807, 2.05) is 30.3 Å². The number of phenolic OH excluding ortho intramolecular Hbond substituents is 2. The van der Waals surface area contributed by atoms with Gasteiger partial charge in [0.2, 0.25) is 5.91 Å². The minimum atomic E-state index is -1.47. The molecule has 6 N–H and O–H groups in total. The lowest BCUT2D eigenvalue weighted by Crippen LogP contribution is -2.36. The number of aliphatic carboxylic acids is 1. The zero-order chi connectivity index (χ0) is 20.7. The highest BCUT2D eigenvalue weighted by atomic mass is 16.4.